The number of sulfone groups is 1. The lowest BCUT2D eigenvalue weighted by molar-refractivity contribution is 0.0758. The van der Waals surface area contributed by atoms with E-state index in [1.165, 1.54) is 12.1 Å². The van der Waals surface area contributed by atoms with Gasteiger partial charge in [-0.2, -0.15) is 0 Å². The molecular weight excluding hydrogens is 336 g/mol. The molecule has 23 heavy (non-hydrogen) atoms. The van der Waals surface area contributed by atoms with Gasteiger partial charge in [-0.1, -0.05) is 6.07 Å². The molecule has 2 aliphatic rings. The second-order valence-corrected chi connectivity index (χ2v) is 8.36. The Morgan fingerprint density at radius 3 is 2.35 bits per heavy atom. The third kappa shape index (κ3) is 4.05. The SMILES string of the molecule is CS(=O)(=O)c1cccc(C(=O)N2CC[C@@H]3CNC[C@@H]3CC2)c1.Cl. The summed E-state index contributed by atoms with van der Waals surface area (Å²) >= 11 is 0. The second kappa shape index (κ2) is 7.20. The van der Waals surface area contributed by atoms with Gasteiger partial charge in [-0.15, -0.1) is 12.4 Å². The van der Waals surface area contributed by atoms with Crippen molar-refractivity contribution in [3.05, 3.63) is 29.8 Å². The van der Waals surface area contributed by atoms with Gasteiger partial charge in [0, 0.05) is 24.9 Å². The maximum atomic E-state index is 12.7. The van der Waals surface area contributed by atoms with Crippen LogP contribution in [0.2, 0.25) is 0 Å². The van der Waals surface area contributed by atoms with Crippen LogP contribution in [0, 0.1) is 11.8 Å². The highest BCUT2D eigenvalue weighted by molar-refractivity contribution is 7.90. The topological polar surface area (TPSA) is 66.5 Å². The first-order valence-corrected chi connectivity index (χ1v) is 9.64. The number of hydrogen-bond donors (Lipinski definition) is 1. The third-order valence-electron chi connectivity index (χ3n) is 4.82. The van der Waals surface area contributed by atoms with E-state index in [1.807, 2.05) is 4.90 Å². The summed E-state index contributed by atoms with van der Waals surface area (Å²) in [6.45, 7) is 3.61. The Labute approximate surface area is 143 Å². The molecule has 0 spiro atoms. The van der Waals surface area contributed by atoms with E-state index < -0.39 is 9.84 Å². The summed E-state index contributed by atoms with van der Waals surface area (Å²) in [5, 5.41) is 3.42. The van der Waals surface area contributed by atoms with Gasteiger partial charge in [0.15, 0.2) is 9.84 Å². The van der Waals surface area contributed by atoms with Crippen LogP contribution in [0.4, 0.5) is 0 Å². The van der Waals surface area contributed by atoms with Crippen molar-refractivity contribution in [3.8, 4) is 0 Å². The highest BCUT2D eigenvalue weighted by Crippen LogP contribution is 2.27. The summed E-state index contributed by atoms with van der Waals surface area (Å²) in [4.78, 5) is 14.7. The van der Waals surface area contributed by atoms with E-state index in [0.717, 1.165) is 45.3 Å². The number of carbonyl (C=O) groups excluding carboxylic acids is 1. The van der Waals surface area contributed by atoms with Gasteiger partial charge < -0.3 is 10.2 Å². The number of benzene rings is 1. The van der Waals surface area contributed by atoms with Crippen LogP contribution in [-0.4, -0.2) is 51.7 Å². The van der Waals surface area contributed by atoms with E-state index in [4.69, 9.17) is 0 Å². The average molecular weight is 359 g/mol. The molecular formula is C16H23ClN2O3S. The normalized spacial score (nSPS) is 24.5. The van der Waals surface area contributed by atoms with Gasteiger partial charge in [-0.05, 0) is 56.0 Å². The molecule has 2 aliphatic heterocycles. The van der Waals surface area contributed by atoms with E-state index in [-0.39, 0.29) is 23.2 Å². The minimum atomic E-state index is -3.29. The highest BCUT2D eigenvalue weighted by Gasteiger charge is 2.31. The third-order valence-corrected chi connectivity index (χ3v) is 5.93. The fraction of sp³-hybridized carbons (Fsp3) is 0.562. The number of carbonyl (C=O) groups is 1. The number of halogens is 1. The van der Waals surface area contributed by atoms with E-state index >= 15 is 0 Å². The van der Waals surface area contributed by atoms with Crippen LogP contribution in [0.1, 0.15) is 23.2 Å². The van der Waals surface area contributed by atoms with Crippen molar-refractivity contribution in [1.29, 1.82) is 0 Å². The van der Waals surface area contributed by atoms with E-state index in [0.29, 0.717) is 17.4 Å². The molecule has 3 rings (SSSR count). The molecule has 1 aromatic rings. The Kier molecular flexibility index (Phi) is 5.70. The number of likely N-dealkylation sites (tertiary alicyclic amines) is 1. The largest absolute Gasteiger partial charge is 0.339 e. The van der Waals surface area contributed by atoms with Crippen molar-refractivity contribution in [1.82, 2.24) is 10.2 Å². The zero-order valence-corrected chi connectivity index (χ0v) is 14.8. The first kappa shape index (κ1) is 18.2. The summed E-state index contributed by atoms with van der Waals surface area (Å²) in [5.41, 5.74) is 0.466. The van der Waals surface area contributed by atoms with Crippen molar-refractivity contribution in [2.75, 3.05) is 32.4 Å². The first-order valence-electron chi connectivity index (χ1n) is 7.75. The molecule has 0 bridgehead atoms. The fourth-order valence-electron chi connectivity index (χ4n) is 3.46. The molecule has 0 saturated carbocycles. The van der Waals surface area contributed by atoms with Crippen LogP contribution in [0.25, 0.3) is 0 Å². The number of hydrogen-bond acceptors (Lipinski definition) is 4. The van der Waals surface area contributed by atoms with Crippen LogP contribution < -0.4 is 5.32 Å². The molecule has 2 heterocycles. The van der Waals surface area contributed by atoms with Crippen LogP contribution in [-0.2, 0) is 9.84 Å². The van der Waals surface area contributed by atoms with Gasteiger partial charge in [-0.3, -0.25) is 4.79 Å². The molecule has 2 fully saturated rings. The molecule has 128 valence electrons. The number of rotatable bonds is 2. The van der Waals surface area contributed by atoms with Crippen molar-refractivity contribution >= 4 is 28.2 Å². The Bertz CT molecular complexity index is 664. The van der Waals surface area contributed by atoms with Crippen molar-refractivity contribution in [2.45, 2.75) is 17.7 Å². The van der Waals surface area contributed by atoms with Crippen LogP contribution in [0.15, 0.2) is 29.2 Å². The minimum Gasteiger partial charge on any atom is -0.339 e. The number of amides is 1. The summed E-state index contributed by atoms with van der Waals surface area (Å²) in [5.74, 6) is 1.28. The Hall–Kier alpha value is -1.11. The molecule has 7 heteroatoms. The maximum Gasteiger partial charge on any atom is 0.253 e. The van der Waals surface area contributed by atoms with Crippen molar-refractivity contribution in [3.63, 3.8) is 0 Å². The van der Waals surface area contributed by atoms with Crippen molar-refractivity contribution < 1.29 is 13.2 Å². The first-order chi connectivity index (χ1) is 10.4. The summed E-state index contributed by atoms with van der Waals surface area (Å²) < 4.78 is 23.3. The highest BCUT2D eigenvalue weighted by atomic mass is 35.5. The molecule has 0 unspecified atom stereocenters. The van der Waals surface area contributed by atoms with Crippen LogP contribution in [0.5, 0.6) is 0 Å². The Balaban J connectivity index is 0.00000192. The van der Waals surface area contributed by atoms with Gasteiger partial charge >= 0.3 is 0 Å². The fourth-order valence-corrected chi connectivity index (χ4v) is 4.13. The Morgan fingerprint density at radius 1 is 1.17 bits per heavy atom. The van der Waals surface area contributed by atoms with Gasteiger partial charge in [0.2, 0.25) is 0 Å². The number of nitrogens with zero attached hydrogens (tertiary/aromatic N) is 1. The molecule has 0 radical (unpaired) electrons. The summed E-state index contributed by atoms with van der Waals surface area (Å²) in [6.07, 6.45) is 3.21. The second-order valence-electron chi connectivity index (χ2n) is 6.35. The molecule has 0 aliphatic carbocycles. The monoisotopic (exact) mass is 358 g/mol. The zero-order chi connectivity index (χ0) is 15.7. The van der Waals surface area contributed by atoms with Crippen molar-refractivity contribution in [2.24, 2.45) is 11.8 Å². The smallest absolute Gasteiger partial charge is 0.253 e. The predicted octanol–water partition coefficient (Wildman–Crippen LogP) is 1.58. The standard InChI is InChI=1S/C16H22N2O3S.ClH/c1-22(20,21)15-4-2-3-12(9-15)16(19)18-7-5-13-10-17-11-14(13)6-8-18;/h2-4,9,13-14,17H,5-8,10-11H2,1H3;1H/t13-,14+;. The molecule has 0 aromatic heterocycles. The lowest BCUT2D eigenvalue weighted by Crippen LogP contribution is -2.32. The molecule has 2 saturated heterocycles. The predicted molar refractivity (Wildman–Crippen MR) is 91.8 cm³/mol. The maximum absolute atomic E-state index is 12.7. The van der Waals surface area contributed by atoms with E-state index in [2.05, 4.69) is 5.32 Å². The molecule has 1 aromatic carbocycles. The van der Waals surface area contributed by atoms with Crippen LogP contribution in [0.3, 0.4) is 0 Å². The zero-order valence-electron chi connectivity index (χ0n) is 13.2. The average Bonchev–Trinajstić information content (AvgIpc) is 2.85. The quantitative estimate of drug-likeness (QED) is 0.871. The molecule has 2 atom stereocenters. The van der Waals surface area contributed by atoms with E-state index in [1.54, 1.807) is 12.1 Å². The van der Waals surface area contributed by atoms with E-state index in [9.17, 15) is 13.2 Å². The molecule has 5 nitrogen and oxygen atoms in total. The lowest BCUT2D eigenvalue weighted by Gasteiger charge is -2.21. The van der Waals surface area contributed by atoms with Gasteiger partial charge in [0.25, 0.3) is 5.91 Å². The molecule has 1 N–H and O–H groups in total. The summed E-state index contributed by atoms with van der Waals surface area (Å²) in [7, 11) is -3.29. The lowest BCUT2D eigenvalue weighted by atomic mass is 9.92. The van der Waals surface area contributed by atoms with Gasteiger partial charge in [0.05, 0.1) is 4.90 Å². The van der Waals surface area contributed by atoms with Gasteiger partial charge in [0.1, 0.15) is 0 Å². The summed E-state index contributed by atoms with van der Waals surface area (Å²) in [6, 6.07) is 6.36. The van der Waals surface area contributed by atoms with Crippen LogP contribution >= 0.6 is 12.4 Å². The molecule has 1 amide bonds. The number of nitrogens with one attached hydrogen (secondary N) is 1. The van der Waals surface area contributed by atoms with Gasteiger partial charge in [-0.25, -0.2) is 8.42 Å². The Morgan fingerprint density at radius 2 is 1.78 bits per heavy atom. The number of fused-ring (bicyclic) bond motifs is 1. The minimum absolute atomic E-state index is 0.